The van der Waals surface area contributed by atoms with Crippen LogP contribution >= 0.6 is 0 Å². The van der Waals surface area contributed by atoms with Gasteiger partial charge < -0.3 is 10.0 Å². The van der Waals surface area contributed by atoms with E-state index in [0.29, 0.717) is 6.04 Å². The first-order valence-corrected chi connectivity index (χ1v) is 6.40. The van der Waals surface area contributed by atoms with Crippen molar-refractivity contribution in [1.82, 2.24) is 9.80 Å². The summed E-state index contributed by atoms with van der Waals surface area (Å²) >= 11 is 0. The number of aliphatic carboxylic acids is 1. The number of fused-ring (bicyclic) bond motifs is 1. The number of hydrogen-bond donors (Lipinski definition) is 1. The molecular weight excluding hydrogens is 220 g/mol. The van der Waals surface area contributed by atoms with Crippen molar-refractivity contribution in [2.75, 3.05) is 26.2 Å². The quantitative estimate of drug-likeness (QED) is 0.782. The highest BCUT2D eigenvalue weighted by molar-refractivity contribution is 5.80. The second-order valence-electron chi connectivity index (χ2n) is 4.92. The van der Waals surface area contributed by atoms with E-state index in [1.807, 2.05) is 4.90 Å². The van der Waals surface area contributed by atoms with Gasteiger partial charge in [0.1, 0.15) is 0 Å². The molecule has 2 heterocycles. The van der Waals surface area contributed by atoms with Crippen LogP contribution in [0.2, 0.25) is 0 Å². The first-order chi connectivity index (χ1) is 8.16. The van der Waals surface area contributed by atoms with Crippen LogP contribution in [-0.4, -0.2) is 59.0 Å². The third-order valence-electron chi connectivity index (χ3n) is 3.74. The van der Waals surface area contributed by atoms with Crippen molar-refractivity contribution in [1.29, 1.82) is 0 Å². The Morgan fingerprint density at radius 3 is 2.71 bits per heavy atom. The topological polar surface area (TPSA) is 60.9 Å². The molecule has 0 radical (unpaired) electrons. The average Bonchev–Trinajstić information content (AvgIpc) is 2.35. The zero-order valence-corrected chi connectivity index (χ0v) is 10.1. The monoisotopic (exact) mass is 240 g/mol. The fourth-order valence-corrected chi connectivity index (χ4v) is 2.75. The minimum Gasteiger partial charge on any atom is -0.481 e. The first-order valence-electron chi connectivity index (χ1n) is 6.40. The number of carboxylic acid groups (broad SMARTS) is 1. The molecule has 0 saturated carbocycles. The maximum Gasteiger partial charge on any atom is 0.303 e. The van der Waals surface area contributed by atoms with Crippen LogP contribution < -0.4 is 0 Å². The lowest BCUT2D eigenvalue weighted by molar-refractivity contribution is -0.142. The molecule has 2 aliphatic heterocycles. The number of amides is 1. The van der Waals surface area contributed by atoms with Crippen LogP contribution in [0.3, 0.4) is 0 Å². The lowest BCUT2D eigenvalue weighted by Crippen LogP contribution is -2.56. The fraction of sp³-hybridized carbons (Fsp3) is 0.833. The van der Waals surface area contributed by atoms with Crippen molar-refractivity contribution in [2.24, 2.45) is 0 Å². The van der Waals surface area contributed by atoms with E-state index < -0.39 is 5.97 Å². The van der Waals surface area contributed by atoms with E-state index >= 15 is 0 Å². The Morgan fingerprint density at radius 1 is 1.12 bits per heavy atom. The molecule has 1 atom stereocenters. The molecule has 5 heteroatoms. The Kier molecular flexibility index (Phi) is 3.99. The Morgan fingerprint density at radius 2 is 1.94 bits per heavy atom. The number of nitrogens with zero attached hydrogens (tertiary/aromatic N) is 2. The lowest BCUT2D eigenvalue weighted by atomic mass is 9.99. The summed E-state index contributed by atoms with van der Waals surface area (Å²) in [6.45, 7) is 3.65. The number of piperazine rings is 1. The predicted octanol–water partition coefficient (Wildman–Crippen LogP) is 0.548. The number of carbonyl (C=O) groups excluding carboxylic acids is 1. The molecule has 0 aliphatic carbocycles. The van der Waals surface area contributed by atoms with Gasteiger partial charge in [-0.15, -0.1) is 0 Å². The van der Waals surface area contributed by atoms with Crippen LogP contribution in [0.15, 0.2) is 0 Å². The van der Waals surface area contributed by atoms with Crippen molar-refractivity contribution < 1.29 is 14.7 Å². The van der Waals surface area contributed by atoms with Crippen molar-refractivity contribution >= 4 is 11.9 Å². The van der Waals surface area contributed by atoms with Crippen LogP contribution in [0.4, 0.5) is 0 Å². The maximum absolute atomic E-state index is 11.8. The van der Waals surface area contributed by atoms with Crippen LogP contribution in [0.25, 0.3) is 0 Å². The third-order valence-corrected chi connectivity index (χ3v) is 3.74. The Labute approximate surface area is 101 Å². The molecule has 0 spiro atoms. The third kappa shape index (κ3) is 3.19. The molecular formula is C12H20N2O3. The smallest absolute Gasteiger partial charge is 0.303 e. The molecule has 2 rings (SSSR count). The second-order valence-corrected chi connectivity index (χ2v) is 4.92. The largest absolute Gasteiger partial charge is 0.481 e. The van der Waals surface area contributed by atoms with Gasteiger partial charge in [-0.1, -0.05) is 6.42 Å². The molecule has 1 N–H and O–H groups in total. The predicted molar refractivity (Wildman–Crippen MR) is 62.7 cm³/mol. The number of hydrogen-bond acceptors (Lipinski definition) is 3. The molecule has 1 unspecified atom stereocenters. The van der Waals surface area contributed by atoms with Gasteiger partial charge in [0.2, 0.25) is 5.91 Å². The first kappa shape index (κ1) is 12.4. The lowest BCUT2D eigenvalue weighted by Gasteiger charge is -2.44. The standard InChI is InChI=1S/C12H20N2O3/c15-11(4-5-12(16)17)14-8-7-13-6-2-1-3-10(13)9-14/h10H,1-9H2,(H,16,17). The van der Waals surface area contributed by atoms with Crippen LogP contribution in [0.5, 0.6) is 0 Å². The van der Waals surface area contributed by atoms with Gasteiger partial charge in [-0.3, -0.25) is 14.5 Å². The Balaban J connectivity index is 1.82. The summed E-state index contributed by atoms with van der Waals surface area (Å²) in [6, 6.07) is 0.506. The average molecular weight is 240 g/mol. The Hall–Kier alpha value is -1.10. The van der Waals surface area contributed by atoms with E-state index in [1.165, 1.54) is 19.3 Å². The molecule has 0 aromatic heterocycles. The normalized spacial score (nSPS) is 25.4. The highest BCUT2D eigenvalue weighted by Crippen LogP contribution is 2.21. The fourth-order valence-electron chi connectivity index (χ4n) is 2.75. The number of rotatable bonds is 3. The highest BCUT2D eigenvalue weighted by atomic mass is 16.4. The van der Waals surface area contributed by atoms with Gasteiger partial charge in [-0.25, -0.2) is 0 Å². The van der Waals surface area contributed by atoms with E-state index in [-0.39, 0.29) is 18.7 Å². The summed E-state index contributed by atoms with van der Waals surface area (Å²) < 4.78 is 0. The molecule has 0 aromatic rings. The van der Waals surface area contributed by atoms with E-state index in [1.54, 1.807) is 0 Å². The summed E-state index contributed by atoms with van der Waals surface area (Å²) in [4.78, 5) is 26.6. The van der Waals surface area contributed by atoms with Gasteiger partial charge in [0.05, 0.1) is 6.42 Å². The summed E-state index contributed by atoms with van der Waals surface area (Å²) in [5.41, 5.74) is 0. The molecule has 0 aromatic carbocycles. The van der Waals surface area contributed by atoms with Crippen LogP contribution in [0, 0.1) is 0 Å². The van der Waals surface area contributed by atoms with Gasteiger partial charge in [-0.05, 0) is 19.4 Å². The summed E-state index contributed by atoms with van der Waals surface area (Å²) in [5, 5.41) is 8.57. The number of carbonyl (C=O) groups is 2. The number of carboxylic acids is 1. The summed E-state index contributed by atoms with van der Waals surface area (Å²) in [7, 11) is 0. The van der Waals surface area contributed by atoms with Gasteiger partial charge in [0.15, 0.2) is 0 Å². The molecule has 0 bridgehead atoms. The zero-order valence-electron chi connectivity index (χ0n) is 10.1. The van der Waals surface area contributed by atoms with Gasteiger partial charge >= 0.3 is 5.97 Å². The summed E-state index contributed by atoms with van der Waals surface area (Å²) in [6.07, 6.45) is 3.77. The van der Waals surface area contributed by atoms with E-state index in [0.717, 1.165) is 26.2 Å². The summed E-state index contributed by atoms with van der Waals surface area (Å²) in [5.74, 6) is -0.896. The maximum atomic E-state index is 11.8. The SMILES string of the molecule is O=C(O)CCC(=O)N1CCN2CCCCC2C1. The second kappa shape index (κ2) is 5.49. The highest BCUT2D eigenvalue weighted by Gasteiger charge is 2.30. The molecule has 2 saturated heterocycles. The molecule has 17 heavy (non-hydrogen) atoms. The van der Waals surface area contributed by atoms with Crippen molar-refractivity contribution in [3.8, 4) is 0 Å². The van der Waals surface area contributed by atoms with Crippen LogP contribution in [0.1, 0.15) is 32.1 Å². The minimum absolute atomic E-state index is 0.00220. The Bertz CT molecular complexity index is 306. The molecule has 5 nitrogen and oxygen atoms in total. The molecule has 2 aliphatic rings. The molecule has 1 amide bonds. The number of piperidine rings is 1. The van der Waals surface area contributed by atoms with Crippen molar-refractivity contribution in [3.63, 3.8) is 0 Å². The van der Waals surface area contributed by atoms with Gasteiger partial charge in [0, 0.05) is 32.1 Å². The van der Waals surface area contributed by atoms with Crippen molar-refractivity contribution in [2.45, 2.75) is 38.1 Å². The van der Waals surface area contributed by atoms with E-state index in [2.05, 4.69) is 4.90 Å². The van der Waals surface area contributed by atoms with E-state index in [4.69, 9.17) is 5.11 Å². The van der Waals surface area contributed by atoms with Crippen molar-refractivity contribution in [3.05, 3.63) is 0 Å². The van der Waals surface area contributed by atoms with E-state index in [9.17, 15) is 9.59 Å². The minimum atomic E-state index is -0.894. The van der Waals surface area contributed by atoms with Crippen LogP contribution in [-0.2, 0) is 9.59 Å². The van der Waals surface area contributed by atoms with Gasteiger partial charge in [-0.2, -0.15) is 0 Å². The zero-order chi connectivity index (χ0) is 12.3. The molecule has 2 fully saturated rings. The molecule has 96 valence electrons. The van der Waals surface area contributed by atoms with Gasteiger partial charge in [0.25, 0.3) is 0 Å².